The summed E-state index contributed by atoms with van der Waals surface area (Å²) >= 11 is 0. The zero-order chi connectivity index (χ0) is 11.5. The van der Waals surface area contributed by atoms with E-state index in [4.69, 9.17) is 5.73 Å². The molecule has 4 heteroatoms. The summed E-state index contributed by atoms with van der Waals surface area (Å²) in [6, 6.07) is 3.38. The standard InChI is InChI=1S/C13H17F2N.ClH/c14-10-6-7-11(12(15)8-10)13(16)9-4-2-1-3-5-9;/h6-9,13H,1-5,16H2;1H/t13-;/m1./s1. The fourth-order valence-corrected chi connectivity index (χ4v) is 2.52. The van der Waals surface area contributed by atoms with Crippen LogP contribution in [-0.4, -0.2) is 0 Å². The Morgan fingerprint density at radius 1 is 1.12 bits per heavy atom. The van der Waals surface area contributed by atoms with Gasteiger partial charge in [0, 0.05) is 17.7 Å². The zero-order valence-corrected chi connectivity index (χ0v) is 10.5. The Morgan fingerprint density at radius 2 is 1.76 bits per heavy atom. The Bertz CT molecular complexity index is 364. The van der Waals surface area contributed by atoms with Crippen LogP contribution in [0.25, 0.3) is 0 Å². The average molecular weight is 262 g/mol. The molecule has 1 fully saturated rings. The highest BCUT2D eigenvalue weighted by Gasteiger charge is 2.23. The van der Waals surface area contributed by atoms with Gasteiger partial charge in [-0.2, -0.15) is 0 Å². The fourth-order valence-electron chi connectivity index (χ4n) is 2.52. The molecule has 0 heterocycles. The van der Waals surface area contributed by atoms with E-state index in [-0.39, 0.29) is 18.4 Å². The first-order chi connectivity index (χ1) is 7.68. The third-order valence-corrected chi connectivity index (χ3v) is 3.48. The molecule has 0 radical (unpaired) electrons. The summed E-state index contributed by atoms with van der Waals surface area (Å²) in [5.74, 6) is -0.719. The summed E-state index contributed by atoms with van der Waals surface area (Å²) in [7, 11) is 0. The van der Waals surface area contributed by atoms with Gasteiger partial charge >= 0.3 is 0 Å². The maximum atomic E-state index is 13.5. The quantitative estimate of drug-likeness (QED) is 0.857. The third kappa shape index (κ3) is 3.39. The molecule has 1 aliphatic rings. The largest absolute Gasteiger partial charge is 0.324 e. The highest BCUT2D eigenvalue weighted by molar-refractivity contribution is 5.85. The monoisotopic (exact) mass is 261 g/mol. The second-order valence-corrected chi connectivity index (χ2v) is 4.59. The van der Waals surface area contributed by atoms with E-state index < -0.39 is 11.6 Å². The van der Waals surface area contributed by atoms with Gasteiger partial charge in [0.2, 0.25) is 0 Å². The Morgan fingerprint density at radius 3 is 2.35 bits per heavy atom. The van der Waals surface area contributed by atoms with E-state index in [0.29, 0.717) is 11.5 Å². The Balaban J connectivity index is 0.00000144. The Hall–Kier alpha value is -0.670. The van der Waals surface area contributed by atoms with Crippen molar-refractivity contribution < 1.29 is 8.78 Å². The lowest BCUT2D eigenvalue weighted by molar-refractivity contribution is 0.303. The van der Waals surface area contributed by atoms with Gasteiger partial charge in [0.15, 0.2) is 0 Å². The number of hydrogen-bond acceptors (Lipinski definition) is 1. The number of hydrogen-bond donors (Lipinski definition) is 1. The van der Waals surface area contributed by atoms with E-state index >= 15 is 0 Å². The van der Waals surface area contributed by atoms with Crippen LogP contribution in [-0.2, 0) is 0 Å². The van der Waals surface area contributed by atoms with Crippen LogP contribution in [0.2, 0.25) is 0 Å². The third-order valence-electron chi connectivity index (χ3n) is 3.48. The first-order valence-corrected chi connectivity index (χ1v) is 5.89. The van der Waals surface area contributed by atoms with Crippen LogP contribution in [0.3, 0.4) is 0 Å². The van der Waals surface area contributed by atoms with Gasteiger partial charge in [-0.3, -0.25) is 0 Å². The maximum absolute atomic E-state index is 13.5. The second-order valence-electron chi connectivity index (χ2n) is 4.59. The summed E-state index contributed by atoms with van der Waals surface area (Å²) in [6.07, 6.45) is 5.69. The Kier molecular flexibility index (Phi) is 5.34. The summed E-state index contributed by atoms with van der Waals surface area (Å²) in [6.45, 7) is 0. The van der Waals surface area contributed by atoms with E-state index in [1.54, 1.807) is 0 Å². The van der Waals surface area contributed by atoms with Crippen LogP contribution in [0.4, 0.5) is 8.78 Å². The molecule has 0 aliphatic heterocycles. The summed E-state index contributed by atoms with van der Waals surface area (Å²) in [5, 5.41) is 0. The molecule has 1 aromatic rings. The molecule has 1 atom stereocenters. The van der Waals surface area contributed by atoms with Crippen LogP contribution in [0.15, 0.2) is 18.2 Å². The fraction of sp³-hybridized carbons (Fsp3) is 0.538. The lowest BCUT2D eigenvalue weighted by Gasteiger charge is -2.27. The molecule has 1 aromatic carbocycles. The van der Waals surface area contributed by atoms with Crippen molar-refractivity contribution in [2.24, 2.45) is 11.7 Å². The van der Waals surface area contributed by atoms with Gasteiger partial charge in [-0.25, -0.2) is 8.78 Å². The lowest BCUT2D eigenvalue weighted by Crippen LogP contribution is -2.24. The van der Waals surface area contributed by atoms with Crippen molar-refractivity contribution in [3.05, 3.63) is 35.4 Å². The molecule has 2 N–H and O–H groups in total. The normalized spacial score (nSPS) is 18.5. The van der Waals surface area contributed by atoms with E-state index in [1.807, 2.05) is 0 Å². The van der Waals surface area contributed by atoms with Gasteiger partial charge < -0.3 is 5.73 Å². The first kappa shape index (κ1) is 14.4. The number of nitrogens with two attached hydrogens (primary N) is 1. The topological polar surface area (TPSA) is 26.0 Å². The minimum Gasteiger partial charge on any atom is -0.324 e. The van der Waals surface area contributed by atoms with Crippen LogP contribution >= 0.6 is 12.4 Å². The molecule has 0 aromatic heterocycles. The van der Waals surface area contributed by atoms with E-state index in [9.17, 15) is 8.78 Å². The van der Waals surface area contributed by atoms with Crippen molar-refractivity contribution in [2.75, 3.05) is 0 Å². The minimum absolute atomic E-state index is 0. The number of benzene rings is 1. The minimum atomic E-state index is -0.544. The maximum Gasteiger partial charge on any atom is 0.130 e. The van der Waals surface area contributed by atoms with Crippen LogP contribution < -0.4 is 5.73 Å². The molecule has 0 saturated heterocycles. The number of halogens is 3. The summed E-state index contributed by atoms with van der Waals surface area (Å²) < 4.78 is 26.3. The van der Waals surface area contributed by atoms with E-state index in [0.717, 1.165) is 18.9 Å². The highest BCUT2D eigenvalue weighted by Crippen LogP contribution is 2.33. The molecule has 1 nitrogen and oxygen atoms in total. The molecule has 0 bridgehead atoms. The van der Waals surface area contributed by atoms with Crippen LogP contribution in [0, 0.1) is 17.6 Å². The van der Waals surface area contributed by atoms with Crippen molar-refractivity contribution in [2.45, 2.75) is 38.1 Å². The van der Waals surface area contributed by atoms with Crippen molar-refractivity contribution in [1.82, 2.24) is 0 Å². The molecule has 0 spiro atoms. The smallest absolute Gasteiger partial charge is 0.130 e. The lowest BCUT2D eigenvalue weighted by atomic mass is 9.81. The number of rotatable bonds is 2. The van der Waals surface area contributed by atoms with Gasteiger partial charge in [0.05, 0.1) is 0 Å². The van der Waals surface area contributed by atoms with Gasteiger partial charge in [0.1, 0.15) is 11.6 Å². The molecule has 17 heavy (non-hydrogen) atoms. The van der Waals surface area contributed by atoms with Crippen LogP contribution in [0.5, 0.6) is 0 Å². The van der Waals surface area contributed by atoms with Gasteiger partial charge in [0.25, 0.3) is 0 Å². The van der Waals surface area contributed by atoms with E-state index in [1.165, 1.54) is 31.4 Å². The molecule has 1 saturated carbocycles. The van der Waals surface area contributed by atoms with E-state index in [2.05, 4.69) is 0 Å². The molecule has 96 valence electrons. The SMILES string of the molecule is Cl.N[C@@H](c1ccc(F)cc1F)C1CCCCC1. The highest BCUT2D eigenvalue weighted by atomic mass is 35.5. The van der Waals surface area contributed by atoms with Gasteiger partial charge in [-0.15, -0.1) is 12.4 Å². The molecule has 2 rings (SSSR count). The average Bonchev–Trinajstić information content (AvgIpc) is 2.29. The Labute approximate surface area is 107 Å². The molecular formula is C13H18ClF2N. The van der Waals surface area contributed by atoms with Gasteiger partial charge in [-0.05, 0) is 24.8 Å². The molecular weight excluding hydrogens is 244 g/mol. The van der Waals surface area contributed by atoms with Crippen molar-refractivity contribution in [3.8, 4) is 0 Å². The molecule has 1 aliphatic carbocycles. The molecule has 0 unspecified atom stereocenters. The second kappa shape index (κ2) is 6.31. The predicted octanol–water partition coefficient (Wildman–Crippen LogP) is 3.97. The first-order valence-electron chi connectivity index (χ1n) is 5.89. The summed E-state index contributed by atoms with van der Waals surface area (Å²) in [4.78, 5) is 0. The van der Waals surface area contributed by atoms with Crippen molar-refractivity contribution in [3.63, 3.8) is 0 Å². The van der Waals surface area contributed by atoms with Crippen molar-refractivity contribution in [1.29, 1.82) is 0 Å². The van der Waals surface area contributed by atoms with Crippen LogP contribution in [0.1, 0.15) is 43.7 Å². The van der Waals surface area contributed by atoms with Gasteiger partial charge in [-0.1, -0.05) is 25.3 Å². The van der Waals surface area contributed by atoms with Crippen molar-refractivity contribution >= 4 is 12.4 Å². The summed E-state index contributed by atoms with van der Waals surface area (Å²) in [5.41, 5.74) is 6.51. The zero-order valence-electron chi connectivity index (χ0n) is 9.66. The molecule has 0 amide bonds. The predicted molar refractivity (Wildman–Crippen MR) is 67.1 cm³/mol.